The van der Waals surface area contributed by atoms with Gasteiger partial charge < -0.3 is 35.8 Å². The summed E-state index contributed by atoms with van der Waals surface area (Å²) in [5.74, 6) is -1.14. The summed E-state index contributed by atoms with van der Waals surface area (Å²) < 4.78 is 13.8. The standard InChI is InChI=1S/C7H13NO3.C5H9NO3.C2H6O.Cl2OS.ClH/c1-2-11-7(10)6-3-5(9)4-8-6;7-3-1-4(5(8)9)6-2-3;1-2-3;1-4(2)3;/h5-6,8-9H,2-4H2,1H3;3-4,6-7H,1-2H2,(H,8,9);3H,2H2,1H3;;1H/t5-,6+;3-,4+;;;/m11.../s1. The van der Waals surface area contributed by atoms with E-state index < -0.39 is 33.4 Å². The Balaban J connectivity index is -0.000000331. The van der Waals surface area contributed by atoms with Crippen molar-refractivity contribution in [3.63, 3.8) is 0 Å². The lowest BCUT2D eigenvalue weighted by Gasteiger charge is -2.07. The van der Waals surface area contributed by atoms with E-state index in [1.807, 2.05) is 0 Å². The molecule has 0 spiro atoms. The van der Waals surface area contributed by atoms with Crippen LogP contribution in [0.1, 0.15) is 26.7 Å². The molecule has 10 nitrogen and oxygen atoms in total. The van der Waals surface area contributed by atoms with Gasteiger partial charge in [0.25, 0.3) is 0 Å². The fraction of sp³-hybridized carbons (Fsp3) is 0.857. The van der Waals surface area contributed by atoms with Crippen LogP contribution >= 0.6 is 33.8 Å². The second-order valence-electron chi connectivity index (χ2n) is 5.29. The van der Waals surface area contributed by atoms with Gasteiger partial charge in [-0.05, 0) is 13.8 Å². The Morgan fingerprint density at radius 1 is 1.07 bits per heavy atom. The molecule has 2 saturated heterocycles. The predicted octanol–water partition coefficient (Wildman–Crippen LogP) is -0.471. The maximum absolute atomic E-state index is 11.0. The minimum Gasteiger partial charge on any atom is -0.480 e. The first-order valence-electron chi connectivity index (χ1n) is 8.16. The fourth-order valence-electron chi connectivity index (χ4n) is 2.04. The molecular formula is C14H29Cl3N2O8S. The number of aliphatic carboxylic acids is 1. The quantitative estimate of drug-likeness (QED) is 0.224. The number of nitrogens with one attached hydrogen (secondary N) is 2. The van der Waals surface area contributed by atoms with Crippen molar-refractivity contribution in [2.24, 2.45) is 0 Å². The molecule has 0 saturated carbocycles. The van der Waals surface area contributed by atoms with Gasteiger partial charge in [0.15, 0.2) is 0 Å². The third-order valence-corrected chi connectivity index (χ3v) is 3.08. The number of halogens is 3. The Hall–Kier alpha value is -0.240. The van der Waals surface area contributed by atoms with Crippen LogP contribution in [0.3, 0.4) is 0 Å². The van der Waals surface area contributed by atoms with Crippen molar-refractivity contribution < 1.29 is 39.0 Å². The van der Waals surface area contributed by atoms with Crippen LogP contribution in [0.15, 0.2) is 0 Å². The summed E-state index contributed by atoms with van der Waals surface area (Å²) in [6, 6.07) is -0.843. The molecule has 0 amide bonds. The molecule has 6 N–H and O–H groups in total. The van der Waals surface area contributed by atoms with Gasteiger partial charge in [0.2, 0.25) is 9.23 Å². The van der Waals surface area contributed by atoms with E-state index in [9.17, 15) is 9.59 Å². The molecular weight excluding hydrogens is 463 g/mol. The predicted molar refractivity (Wildman–Crippen MR) is 109 cm³/mol. The Bertz CT molecular complexity index is 447. The molecule has 0 aromatic carbocycles. The van der Waals surface area contributed by atoms with E-state index in [1.165, 1.54) is 0 Å². The van der Waals surface area contributed by atoms with Crippen molar-refractivity contribution in [3.05, 3.63) is 0 Å². The van der Waals surface area contributed by atoms with Crippen LogP contribution in [0.25, 0.3) is 0 Å². The summed E-state index contributed by atoms with van der Waals surface area (Å²) in [6.45, 7) is 4.98. The minimum absolute atomic E-state index is 0. The normalized spacial score (nSPS) is 25.0. The lowest BCUT2D eigenvalue weighted by molar-refractivity contribution is -0.145. The summed E-state index contributed by atoms with van der Waals surface area (Å²) >= 11 is 0. The highest BCUT2D eigenvalue weighted by Crippen LogP contribution is 2.07. The first-order valence-corrected chi connectivity index (χ1v) is 11.0. The molecule has 0 aromatic heterocycles. The number of ether oxygens (including phenoxy) is 1. The number of carboxylic acids is 1. The van der Waals surface area contributed by atoms with Crippen molar-refractivity contribution in [1.29, 1.82) is 0 Å². The highest BCUT2D eigenvalue weighted by Gasteiger charge is 2.29. The van der Waals surface area contributed by atoms with Crippen molar-refractivity contribution in [1.82, 2.24) is 10.6 Å². The van der Waals surface area contributed by atoms with E-state index in [0.717, 1.165) is 0 Å². The van der Waals surface area contributed by atoms with Crippen LogP contribution in [0.2, 0.25) is 0 Å². The van der Waals surface area contributed by atoms with E-state index in [-0.39, 0.29) is 31.0 Å². The van der Waals surface area contributed by atoms with Crippen LogP contribution in [0.4, 0.5) is 0 Å². The van der Waals surface area contributed by atoms with Gasteiger partial charge in [0.1, 0.15) is 12.1 Å². The summed E-state index contributed by atoms with van der Waals surface area (Å²) in [5, 5.41) is 39.3. The fourth-order valence-corrected chi connectivity index (χ4v) is 2.04. The number of rotatable bonds is 3. The van der Waals surface area contributed by atoms with Crippen LogP contribution in [0.5, 0.6) is 0 Å². The van der Waals surface area contributed by atoms with Gasteiger partial charge in [0.05, 0.1) is 18.8 Å². The van der Waals surface area contributed by atoms with E-state index >= 15 is 0 Å². The maximum atomic E-state index is 11.0. The number of hydrogen-bond acceptors (Lipinski definition) is 9. The van der Waals surface area contributed by atoms with Crippen molar-refractivity contribution in [2.45, 2.75) is 51.0 Å². The molecule has 28 heavy (non-hydrogen) atoms. The molecule has 4 atom stereocenters. The molecule has 0 bridgehead atoms. The van der Waals surface area contributed by atoms with Gasteiger partial charge in [0, 0.05) is 53.9 Å². The largest absolute Gasteiger partial charge is 0.480 e. The monoisotopic (exact) mass is 490 g/mol. The Labute approximate surface area is 181 Å². The molecule has 170 valence electrons. The third kappa shape index (κ3) is 19.1. The van der Waals surface area contributed by atoms with Gasteiger partial charge in [-0.2, -0.15) is 0 Å². The second kappa shape index (κ2) is 20.0. The maximum Gasteiger partial charge on any atom is 0.323 e. The van der Waals surface area contributed by atoms with Gasteiger partial charge >= 0.3 is 11.9 Å². The molecule has 2 heterocycles. The smallest absolute Gasteiger partial charge is 0.323 e. The summed E-state index contributed by atoms with van der Waals surface area (Å²) in [7, 11) is 7.36. The zero-order valence-electron chi connectivity index (χ0n) is 15.5. The average Bonchev–Trinajstić information content (AvgIpc) is 3.17. The number of aliphatic hydroxyl groups excluding tert-OH is 3. The zero-order chi connectivity index (χ0) is 21.4. The Kier molecular flexibility index (Phi) is 23.2. The highest BCUT2D eigenvalue weighted by atomic mass is 36.0. The topological polar surface area (TPSA) is 165 Å². The molecule has 0 unspecified atom stereocenters. The molecule has 2 aliphatic heterocycles. The lowest BCUT2D eigenvalue weighted by Crippen LogP contribution is -2.32. The number of carbonyl (C=O) groups excluding carboxylic acids is 1. The first kappa shape index (κ1) is 32.4. The number of β-amino-alcohol motifs (C(OH)–C–C–N with tert-alkyl or cyclic N) is 2. The number of carboxylic acid groups (broad SMARTS) is 1. The Morgan fingerprint density at radius 2 is 1.43 bits per heavy atom. The van der Waals surface area contributed by atoms with Crippen LogP contribution in [-0.2, 0) is 23.6 Å². The number of hydrogen-bond donors (Lipinski definition) is 6. The van der Waals surface area contributed by atoms with E-state index in [0.29, 0.717) is 32.5 Å². The second-order valence-corrected chi connectivity index (χ2v) is 7.82. The van der Waals surface area contributed by atoms with Crippen molar-refractivity contribution >= 4 is 54.9 Å². The zero-order valence-corrected chi connectivity index (χ0v) is 18.7. The van der Waals surface area contributed by atoms with Gasteiger partial charge in [-0.25, -0.2) is 4.21 Å². The van der Waals surface area contributed by atoms with Gasteiger partial charge in [-0.1, -0.05) is 0 Å². The Morgan fingerprint density at radius 3 is 1.64 bits per heavy atom. The molecule has 0 aromatic rings. The number of esters is 1. The van der Waals surface area contributed by atoms with E-state index in [2.05, 4.69) is 32.0 Å². The molecule has 2 rings (SSSR count). The number of aliphatic hydroxyl groups is 3. The lowest BCUT2D eigenvalue weighted by atomic mass is 10.2. The van der Waals surface area contributed by atoms with Crippen molar-refractivity contribution in [3.8, 4) is 0 Å². The minimum atomic E-state index is -1.67. The van der Waals surface area contributed by atoms with E-state index in [1.54, 1.807) is 13.8 Å². The summed E-state index contributed by atoms with van der Waals surface area (Å²) in [6.07, 6.45) is -0.0794. The molecule has 2 aliphatic rings. The first-order chi connectivity index (χ1) is 12.6. The molecule has 14 heteroatoms. The molecule has 2 fully saturated rings. The van der Waals surface area contributed by atoms with Crippen LogP contribution < -0.4 is 10.6 Å². The SMILES string of the molecule is CCO.CCOC(=O)[C@@H]1C[C@@H](O)CN1.Cl.O=C(O)[C@@H]1C[C@@H](O)CN1.O=S(Cl)Cl. The average molecular weight is 492 g/mol. The van der Waals surface area contributed by atoms with Crippen molar-refractivity contribution in [2.75, 3.05) is 26.3 Å². The van der Waals surface area contributed by atoms with Crippen LogP contribution in [-0.4, -0.2) is 87.2 Å². The third-order valence-electron chi connectivity index (χ3n) is 3.08. The molecule has 0 radical (unpaired) electrons. The van der Waals surface area contributed by atoms with Gasteiger partial charge in [-0.3, -0.25) is 9.59 Å². The molecule has 0 aliphatic carbocycles. The number of carbonyl (C=O) groups is 2. The summed E-state index contributed by atoms with van der Waals surface area (Å²) in [4.78, 5) is 21.2. The summed E-state index contributed by atoms with van der Waals surface area (Å²) in [5.41, 5.74) is 0. The highest BCUT2D eigenvalue weighted by molar-refractivity contribution is 8.26. The van der Waals surface area contributed by atoms with Crippen LogP contribution in [0, 0.1) is 0 Å². The van der Waals surface area contributed by atoms with E-state index in [4.69, 9.17) is 29.4 Å². The van der Waals surface area contributed by atoms with Gasteiger partial charge in [-0.15, -0.1) is 12.4 Å².